The van der Waals surface area contributed by atoms with Gasteiger partial charge in [0.25, 0.3) is 11.8 Å². The van der Waals surface area contributed by atoms with Crippen LogP contribution in [0, 0.1) is 11.6 Å². The highest BCUT2D eigenvalue weighted by Gasteiger charge is 2.23. The molecule has 0 radical (unpaired) electrons. The third kappa shape index (κ3) is 5.27. The van der Waals surface area contributed by atoms with Crippen LogP contribution in [0.25, 0.3) is 11.5 Å². The Kier molecular flexibility index (Phi) is 6.26. The van der Waals surface area contributed by atoms with Crippen LogP contribution in [0.3, 0.4) is 0 Å². The van der Waals surface area contributed by atoms with Crippen LogP contribution < -0.4 is 10.0 Å². The average molecular weight is 446 g/mol. The molecule has 1 aromatic carbocycles. The van der Waals surface area contributed by atoms with Crippen molar-refractivity contribution in [3.05, 3.63) is 53.7 Å². The zero-order chi connectivity index (χ0) is 21.9. The van der Waals surface area contributed by atoms with Crippen molar-refractivity contribution in [3.8, 4) is 11.5 Å². The molecule has 0 saturated carbocycles. The highest BCUT2D eigenvalue weighted by Crippen LogP contribution is 2.25. The summed E-state index contributed by atoms with van der Waals surface area (Å²) in [6.07, 6.45) is 0.283. The highest BCUT2D eigenvalue weighted by atomic mass is 32.2. The largest absolute Gasteiger partial charge is 0.415 e. The number of sulfonamides is 1. The Morgan fingerprint density at radius 1 is 1.10 bits per heavy atom. The fourth-order valence-electron chi connectivity index (χ4n) is 2.41. The highest BCUT2D eigenvalue weighted by molar-refractivity contribution is 7.88. The standard InChI is InChI=1S/C16H14F4N6O3S/c1-30(27,28)23-7-11(12-9(17)3-2-4-10(12)18)24-16-21-5-8(6-22-16)14-25-26-15(29-14)13(19)20/h2-6,11,13,23H,7H2,1H3,(H,21,22,24). The quantitative estimate of drug-likeness (QED) is 0.506. The zero-order valence-electron chi connectivity index (χ0n) is 15.2. The molecular weight excluding hydrogens is 432 g/mol. The van der Waals surface area contributed by atoms with E-state index in [0.717, 1.165) is 30.8 Å². The molecule has 9 nitrogen and oxygen atoms in total. The lowest BCUT2D eigenvalue weighted by Gasteiger charge is -2.20. The first-order valence-electron chi connectivity index (χ1n) is 8.23. The van der Waals surface area contributed by atoms with Gasteiger partial charge in [0.15, 0.2) is 0 Å². The molecule has 2 aromatic heterocycles. The van der Waals surface area contributed by atoms with Crippen LogP contribution in [0.2, 0.25) is 0 Å². The lowest BCUT2D eigenvalue weighted by molar-refractivity contribution is 0.116. The van der Waals surface area contributed by atoms with E-state index >= 15 is 0 Å². The van der Waals surface area contributed by atoms with Gasteiger partial charge in [-0.25, -0.2) is 31.9 Å². The fourth-order valence-corrected chi connectivity index (χ4v) is 2.88. The molecule has 2 heterocycles. The van der Waals surface area contributed by atoms with Gasteiger partial charge in [-0.05, 0) is 12.1 Å². The Hall–Kier alpha value is -3.13. The summed E-state index contributed by atoms with van der Waals surface area (Å²) < 4.78 is 83.2. The van der Waals surface area contributed by atoms with Gasteiger partial charge in [-0.15, -0.1) is 10.2 Å². The number of alkyl halides is 2. The van der Waals surface area contributed by atoms with Crippen LogP contribution >= 0.6 is 0 Å². The molecule has 14 heteroatoms. The lowest BCUT2D eigenvalue weighted by atomic mass is 10.1. The maximum Gasteiger partial charge on any atom is 0.314 e. The summed E-state index contributed by atoms with van der Waals surface area (Å²) in [5.41, 5.74) is -0.289. The minimum atomic E-state index is -3.66. The van der Waals surface area contributed by atoms with Crippen molar-refractivity contribution in [3.63, 3.8) is 0 Å². The van der Waals surface area contributed by atoms with E-state index in [1.165, 1.54) is 6.07 Å². The van der Waals surface area contributed by atoms with Gasteiger partial charge in [0, 0.05) is 24.5 Å². The van der Waals surface area contributed by atoms with Gasteiger partial charge < -0.3 is 9.73 Å². The van der Waals surface area contributed by atoms with E-state index in [9.17, 15) is 26.0 Å². The van der Waals surface area contributed by atoms with Crippen molar-refractivity contribution in [1.29, 1.82) is 0 Å². The van der Waals surface area contributed by atoms with Crippen LogP contribution in [0.1, 0.15) is 23.9 Å². The third-order valence-corrected chi connectivity index (χ3v) is 4.42. The fraction of sp³-hybridized carbons (Fsp3) is 0.250. The van der Waals surface area contributed by atoms with E-state index in [4.69, 9.17) is 4.42 Å². The SMILES string of the molecule is CS(=O)(=O)NCC(Nc1ncc(-c2nnc(C(F)F)o2)cn1)c1c(F)cccc1F. The van der Waals surface area contributed by atoms with Crippen molar-refractivity contribution in [1.82, 2.24) is 24.9 Å². The van der Waals surface area contributed by atoms with E-state index in [-0.39, 0.29) is 17.4 Å². The molecule has 0 aliphatic heterocycles. The molecule has 0 fully saturated rings. The Morgan fingerprint density at radius 2 is 1.73 bits per heavy atom. The molecule has 0 spiro atoms. The van der Waals surface area contributed by atoms with Crippen LogP contribution in [0.15, 0.2) is 35.0 Å². The first-order valence-corrected chi connectivity index (χ1v) is 10.1. The summed E-state index contributed by atoms with van der Waals surface area (Å²) in [5, 5.41) is 9.27. The Bertz CT molecular complexity index is 1100. The molecule has 0 aliphatic carbocycles. The van der Waals surface area contributed by atoms with Gasteiger partial charge in [0.05, 0.1) is 17.9 Å². The number of aromatic nitrogens is 4. The number of benzene rings is 1. The molecule has 1 unspecified atom stereocenters. The predicted molar refractivity (Wildman–Crippen MR) is 95.8 cm³/mol. The number of hydrogen-bond donors (Lipinski definition) is 2. The topological polar surface area (TPSA) is 123 Å². The summed E-state index contributed by atoms with van der Waals surface area (Å²) >= 11 is 0. The summed E-state index contributed by atoms with van der Waals surface area (Å²) in [6, 6.07) is 2.01. The van der Waals surface area contributed by atoms with E-state index in [0.29, 0.717) is 0 Å². The molecule has 1 atom stereocenters. The summed E-state index contributed by atoms with van der Waals surface area (Å²) in [4.78, 5) is 7.84. The molecule has 0 aliphatic rings. The lowest BCUT2D eigenvalue weighted by Crippen LogP contribution is -2.32. The van der Waals surface area contributed by atoms with E-state index in [1.54, 1.807) is 0 Å². The summed E-state index contributed by atoms with van der Waals surface area (Å²) in [7, 11) is -3.66. The normalized spacial score (nSPS) is 12.9. The van der Waals surface area contributed by atoms with Crippen LogP contribution in [0.4, 0.5) is 23.5 Å². The Labute approximate surface area is 167 Å². The van der Waals surface area contributed by atoms with Gasteiger partial charge in [-0.1, -0.05) is 6.07 Å². The first-order chi connectivity index (χ1) is 14.1. The van der Waals surface area contributed by atoms with Crippen molar-refractivity contribution in [2.24, 2.45) is 0 Å². The van der Waals surface area contributed by atoms with Gasteiger partial charge >= 0.3 is 6.43 Å². The maximum atomic E-state index is 14.2. The van der Waals surface area contributed by atoms with Crippen LogP contribution in [0.5, 0.6) is 0 Å². The molecule has 0 bridgehead atoms. The number of halogens is 4. The molecule has 3 rings (SSSR count). The van der Waals surface area contributed by atoms with Crippen LogP contribution in [-0.4, -0.2) is 41.4 Å². The van der Waals surface area contributed by atoms with Gasteiger partial charge in [-0.2, -0.15) is 8.78 Å². The molecule has 0 amide bonds. The summed E-state index contributed by atoms with van der Waals surface area (Å²) in [5.74, 6) is -3.02. The molecule has 160 valence electrons. The second kappa shape index (κ2) is 8.71. The first kappa shape index (κ1) is 21.6. The number of anilines is 1. The van der Waals surface area contributed by atoms with E-state index in [2.05, 4.69) is 30.2 Å². The monoisotopic (exact) mass is 446 g/mol. The van der Waals surface area contributed by atoms with Crippen molar-refractivity contribution < 1.29 is 30.4 Å². The van der Waals surface area contributed by atoms with Gasteiger partial charge in [0.2, 0.25) is 16.0 Å². The number of hydrogen-bond acceptors (Lipinski definition) is 8. The van der Waals surface area contributed by atoms with Crippen molar-refractivity contribution in [2.45, 2.75) is 12.5 Å². The average Bonchev–Trinajstić information content (AvgIpc) is 3.16. The zero-order valence-corrected chi connectivity index (χ0v) is 16.0. The second-order valence-corrected chi connectivity index (χ2v) is 7.83. The predicted octanol–water partition coefficient (Wildman–Crippen LogP) is 2.44. The molecule has 0 saturated heterocycles. The van der Waals surface area contributed by atoms with E-state index < -0.39 is 52.1 Å². The molecule has 2 N–H and O–H groups in total. The number of rotatable bonds is 8. The molecule has 3 aromatic rings. The Balaban J connectivity index is 1.84. The third-order valence-electron chi connectivity index (χ3n) is 3.73. The molecular formula is C16H14F4N6O3S. The number of nitrogens with one attached hydrogen (secondary N) is 2. The minimum Gasteiger partial charge on any atom is -0.415 e. The van der Waals surface area contributed by atoms with Crippen molar-refractivity contribution in [2.75, 3.05) is 18.1 Å². The summed E-state index contributed by atoms with van der Waals surface area (Å²) in [6.45, 7) is -0.400. The van der Waals surface area contributed by atoms with Crippen molar-refractivity contribution >= 4 is 16.0 Å². The Morgan fingerprint density at radius 3 is 2.27 bits per heavy atom. The van der Waals surface area contributed by atoms with Gasteiger partial charge in [0.1, 0.15) is 11.6 Å². The molecule has 30 heavy (non-hydrogen) atoms. The number of nitrogens with zero attached hydrogens (tertiary/aromatic N) is 4. The minimum absolute atomic E-state index is 0.115. The second-order valence-electron chi connectivity index (χ2n) is 5.99. The maximum absolute atomic E-state index is 14.2. The van der Waals surface area contributed by atoms with Crippen LogP contribution in [-0.2, 0) is 10.0 Å². The van der Waals surface area contributed by atoms with E-state index in [1.807, 2.05) is 0 Å². The van der Waals surface area contributed by atoms with Gasteiger partial charge in [-0.3, -0.25) is 0 Å². The smallest absolute Gasteiger partial charge is 0.314 e.